The highest BCUT2D eigenvalue weighted by Crippen LogP contribution is 2.21. The van der Waals surface area contributed by atoms with E-state index in [4.69, 9.17) is 14.2 Å². The Hall–Kier alpha value is -1.75. The molecule has 0 saturated carbocycles. The molecule has 0 spiro atoms. The quantitative estimate of drug-likeness (QED) is 0.154. The van der Waals surface area contributed by atoms with Crippen molar-refractivity contribution in [1.29, 1.82) is 0 Å². The molecule has 1 rings (SSSR count). The van der Waals surface area contributed by atoms with Crippen LogP contribution in [0.5, 0.6) is 5.75 Å². The van der Waals surface area contributed by atoms with Gasteiger partial charge in [-0.3, -0.25) is 0 Å². The number of carbonyl (C=O) groups excluding carboxylic acids is 1. The highest BCUT2D eigenvalue weighted by molar-refractivity contribution is 14.0. The Balaban J connectivity index is 0.00000961. The van der Waals surface area contributed by atoms with Crippen molar-refractivity contribution in [2.75, 3.05) is 40.0 Å². The summed E-state index contributed by atoms with van der Waals surface area (Å²) in [7, 11) is 1.69. The number of alkyl carbamates (subject to hydrolysis) is 1. The molecule has 0 fully saturated rings. The van der Waals surface area contributed by atoms with Crippen molar-refractivity contribution in [2.24, 2.45) is 4.99 Å². The lowest BCUT2D eigenvalue weighted by Gasteiger charge is -2.19. The van der Waals surface area contributed by atoms with E-state index in [2.05, 4.69) is 33.1 Å². The molecule has 32 heavy (non-hydrogen) atoms. The normalized spacial score (nSPS) is 11.4. The Labute approximate surface area is 210 Å². The van der Waals surface area contributed by atoms with Crippen LogP contribution in [0.1, 0.15) is 51.7 Å². The number of rotatable bonds is 12. The summed E-state index contributed by atoms with van der Waals surface area (Å²) in [4.78, 5) is 16.4. The summed E-state index contributed by atoms with van der Waals surface area (Å²) in [6.07, 6.45) is 1.20. The van der Waals surface area contributed by atoms with Gasteiger partial charge in [-0.25, -0.2) is 9.79 Å². The van der Waals surface area contributed by atoms with Crippen LogP contribution in [0, 0.1) is 6.92 Å². The first-order chi connectivity index (χ1) is 14.7. The van der Waals surface area contributed by atoms with Crippen LogP contribution in [0.3, 0.4) is 0 Å². The number of methoxy groups -OCH3 is 1. The summed E-state index contributed by atoms with van der Waals surface area (Å²) in [5, 5.41) is 9.29. The third kappa shape index (κ3) is 14.3. The van der Waals surface area contributed by atoms with Crippen molar-refractivity contribution < 1.29 is 19.0 Å². The first-order valence-electron chi connectivity index (χ1n) is 11.0. The van der Waals surface area contributed by atoms with Crippen LogP contribution >= 0.6 is 24.0 Å². The Morgan fingerprint density at radius 3 is 2.44 bits per heavy atom. The zero-order valence-corrected chi connectivity index (χ0v) is 22.7. The molecular formula is C23H41IN4O4. The van der Waals surface area contributed by atoms with Gasteiger partial charge >= 0.3 is 6.09 Å². The third-order valence-electron chi connectivity index (χ3n) is 4.04. The number of aryl methyl sites for hydroxylation is 1. The van der Waals surface area contributed by atoms with Gasteiger partial charge in [0.05, 0.1) is 13.2 Å². The molecule has 9 heteroatoms. The second kappa shape index (κ2) is 16.8. The molecule has 0 saturated heterocycles. The van der Waals surface area contributed by atoms with Crippen LogP contribution in [0.2, 0.25) is 0 Å². The van der Waals surface area contributed by atoms with Crippen LogP contribution < -0.4 is 20.7 Å². The van der Waals surface area contributed by atoms with Crippen molar-refractivity contribution in [3.05, 3.63) is 29.3 Å². The molecule has 0 aliphatic carbocycles. The van der Waals surface area contributed by atoms with Gasteiger partial charge in [0.2, 0.25) is 0 Å². The Morgan fingerprint density at radius 1 is 1.06 bits per heavy atom. The maximum absolute atomic E-state index is 11.7. The minimum atomic E-state index is -0.491. The van der Waals surface area contributed by atoms with E-state index in [0.29, 0.717) is 32.8 Å². The van der Waals surface area contributed by atoms with Crippen molar-refractivity contribution in [3.63, 3.8) is 0 Å². The molecule has 0 aromatic heterocycles. The number of amides is 1. The maximum Gasteiger partial charge on any atom is 0.407 e. The highest BCUT2D eigenvalue weighted by Gasteiger charge is 2.15. The number of aliphatic imine (C=N–C) groups is 1. The van der Waals surface area contributed by atoms with Crippen LogP contribution in [0.15, 0.2) is 23.2 Å². The minimum Gasteiger partial charge on any atom is -0.493 e. The van der Waals surface area contributed by atoms with E-state index in [1.807, 2.05) is 40.7 Å². The van der Waals surface area contributed by atoms with Gasteiger partial charge in [0.25, 0.3) is 0 Å². The SMILES string of the molecule is CCNC(=NCc1ccc(C)cc1OCCCOC)NCCCNC(=O)OC(C)(C)C.I. The highest BCUT2D eigenvalue weighted by atomic mass is 127. The van der Waals surface area contributed by atoms with E-state index in [9.17, 15) is 4.79 Å². The molecule has 1 aromatic carbocycles. The number of benzene rings is 1. The molecule has 1 aromatic rings. The summed E-state index contributed by atoms with van der Waals surface area (Å²) in [6, 6.07) is 6.16. The van der Waals surface area contributed by atoms with E-state index >= 15 is 0 Å². The van der Waals surface area contributed by atoms with Crippen molar-refractivity contribution >= 4 is 36.0 Å². The van der Waals surface area contributed by atoms with Crippen LogP contribution in [0.25, 0.3) is 0 Å². The van der Waals surface area contributed by atoms with E-state index in [1.54, 1.807) is 7.11 Å². The van der Waals surface area contributed by atoms with Crippen molar-refractivity contribution in [2.45, 2.75) is 59.6 Å². The minimum absolute atomic E-state index is 0. The van der Waals surface area contributed by atoms with Gasteiger partial charge in [0, 0.05) is 45.3 Å². The van der Waals surface area contributed by atoms with E-state index in [-0.39, 0.29) is 24.0 Å². The number of nitrogens with zero attached hydrogens (tertiary/aromatic N) is 1. The predicted molar refractivity (Wildman–Crippen MR) is 140 cm³/mol. The van der Waals surface area contributed by atoms with Crippen LogP contribution in [-0.4, -0.2) is 57.6 Å². The number of ether oxygens (including phenoxy) is 3. The topological polar surface area (TPSA) is 93.2 Å². The van der Waals surface area contributed by atoms with Gasteiger partial charge in [0.1, 0.15) is 11.4 Å². The fourth-order valence-electron chi connectivity index (χ4n) is 2.62. The largest absolute Gasteiger partial charge is 0.493 e. The zero-order chi connectivity index (χ0) is 23.1. The molecule has 0 bridgehead atoms. The van der Waals surface area contributed by atoms with Crippen molar-refractivity contribution in [1.82, 2.24) is 16.0 Å². The predicted octanol–water partition coefficient (Wildman–Crippen LogP) is 4.00. The number of guanidine groups is 1. The molecule has 0 aliphatic heterocycles. The Morgan fingerprint density at radius 2 is 1.78 bits per heavy atom. The summed E-state index contributed by atoms with van der Waals surface area (Å²) in [6.45, 7) is 13.4. The van der Waals surface area contributed by atoms with Crippen LogP contribution in [0.4, 0.5) is 4.79 Å². The van der Waals surface area contributed by atoms with Gasteiger partial charge in [-0.2, -0.15) is 0 Å². The number of halogens is 1. The monoisotopic (exact) mass is 564 g/mol. The van der Waals surface area contributed by atoms with Crippen molar-refractivity contribution in [3.8, 4) is 5.75 Å². The summed E-state index contributed by atoms with van der Waals surface area (Å²) >= 11 is 0. The van der Waals surface area contributed by atoms with E-state index in [1.165, 1.54) is 0 Å². The third-order valence-corrected chi connectivity index (χ3v) is 4.04. The lowest BCUT2D eigenvalue weighted by molar-refractivity contribution is 0.0527. The van der Waals surface area contributed by atoms with Gasteiger partial charge < -0.3 is 30.2 Å². The van der Waals surface area contributed by atoms with Gasteiger partial charge in [-0.15, -0.1) is 24.0 Å². The lowest BCUT2D eigenvalue weighted by atomic mass is 10.1. The Bertz CT molecular complexity index is 693. The smallest absolute Gasteiger partial charge is 0.407 e. The Kier molecular flexibility index (Phi) is 15.9. The van der Waals surface area contributed by atoms with Gasteiger partial charge in [0.15, 0.2) is 5.96 Å². The van der Waals surface area contributed by atoms with Gasteiger partial charge in [-0.05, 0) is 52.7 Å². The summed E-state index contributed by atoms with van der Waals surface area (Å²) < 4.78 is 16.2. The van der Waals surface area contributed by atoms with Gasteiger partial charge in [-0.1, -0.05) is 12.1 Å². The zero-order valence-electron chi connectivity index (χ0n) is 20.4. The molecule has 0 radical (unpaired) electrons. The lowest BCUT2D eigenvalue weighted by Crippen LogP contribution is -2.39. The molecule has 0 atom stereocenters. The second-order valence-electron chi connectivity index (χ2n) is 8.21. The molecule has 0 aliphatic rings. The average molecular weight is 565 g/mol. The second-order valence-corrected chi connectivity index (χ2v) is 8.21. The summed E-state index contributed by atoms with van der Waals surface area (Å²) in [5.41, 5.74) is 1.69. The fraction of sp³-hybridized carbons (Fsp3) is 0.652. The standard InChI is InChI=1S/C23H40N4O4.HI/c1-7-24-21(25-12-8-13-26-22(28)31-23(3,4)5)27-17-19-11-10-18(2)16-20(19)30-15-9-14-29-6;/h10-11,16H,7-9,12-15,17H2,1-6H3,(H,26,28)(H2,24,25,27);1H. The molecule has 1 amide bonds. The molecule has 0 unspecified atom stereocenters. The first kappa shape index (κ1) is 30.2. The van der Waals surface area contributed by atoms with E-state index < -0.39 is 11.7 Å². The number of hydrogen-bond donors (Lipinski definition) is 3. The molecule has 3 N–H and O–H groups in total. The molecule has 0 heterocycles. The first-order valence-corrected chi connectivity index (χ1v) is 11.0. The molecule has 184 valence electrons. The van der Waals surface area contributed by atoms with E-state index in [0.717, 1.165) is 42.2 Å². The number of hydrogen-bond acceptors (Lipinski definition) is 5. The number of nitrogens with one attached hydrogen (secondary N) is 3. The maximum atomic E-state index is 11.7. The number of carbonyl (C=O) groups is 1. The average Bonchev–Trinajstić information content (AvgIpc) is 2.68. The fourth-order valence-corrected chi connectivity index (χ4v) is 2.62. The van der Waals surface area contributed by atoms with Crippen LogP contribution in [-0.2, 0) is 16.0 Å². The molecular weight excluding hydrogens is 523 g/mol. The molecule has 8 nitrogen and oxygen atoms in total. The summed E-state index contributed by atoms with van der Waals surface area (Å²) in [5.74, 6) is 1.59.